The van der Waals surface area contributed by atoms with E-state index in [2.05, 4.69) is 0 Å². The molecule has 0 aromatic heterocycles. The molecule has 1 aliphatic rings. The molecule has 0 heterocycles. The molecule has 2 nitrogen and oxygen atoms in total. The van der Waals surface area contributed by atoms with Crippen LogP contribution in [0.3, 0.4) is 0 Å². The molecule has 0 radical (unpaired) electrons. The molecule has 0 bridgehead atoms. The minimum atomic E-state index is -0.557. The Morgan fingerprint density at radius 2 is 1.80 bits per heavy atom. The van der Waals surface area contributed by atoms with Crippen molar-refractivity contribution < 1.29 is 14.6 Å². The maximum absolute atomic E-state index is 13.1. The molecule has 3 heteroatoms. The van der Waals surface area contributed by atoms with Gasteiger partial charge in [0.25, 0.3) is 0 Å². The zero-order chi connectivity index (χ0) is 10.8. The van der Waals surface area contributed by atoms with E-state index in [-0.39, 0.29) is 11.9 Å². The summed E-state index contributed by atoms with van der Waals surface area (Å²) < 4.78 is 13.1. The van der Waals surface area contributed by atoms with Crippen molar-refractivity contribution >= 4 is 0 Å². The summed E-state index contributed by atoms with van der Waals surface area (Å²) in [6, 6.07) is 4.56. The fourth-order valence-corrected chi connectivity index (χ4v) is 2.19. The fraction of sp³-hybridized carbons (Fsp3) is 0.500. The Balaban J connectivity index is 2.12. The van der Waals surface area contributed by atoms with Crippen LogP contribution in [0.4, 0.5) is 4.39 Å². The van der Waals surface area contributed by atoms with Crippen LogP contribution >= 0.6 is 0 Å². The lowest BCUT2D eigenvalue weighted by Gasteiger charge is -2.25. The molecule has 1 aromatic rings. The molecule has 82 valence electrons. The predicted molar refractivity (Wildman–Crippen MR) is 55.3 cm³/mol. The zero-order valence-corrected chi connectivity index (χ0v) is 8.49. The highest BCUT2D eigenvalue weighted by Gasteiger charge is 2.21. The highest BCUT2D eigenvalue weighted by molar-refractivity contribution is 5.30. The number of aliphatic hydroxyl groups is 1. The Bertz CT molecular complexity index is 343. The Kier molecular flexibility index (Phi) is 2.91. The van der Waals surface area contributed by atoms with Gasteiger partial charge in [0.05, 0.1) is 6.10 Å². The summed E-state index contributed by atoms with van der Waals surface area (Å²) in [5, 5.41) is 18.4. The van der Waals surface area contributed by atoms with E-state index in [1.165, 1.54) is 12.1 Å². The van der Waals surface area contributed by atoms with E-state index < -0.39 is 5.82 Å². The smallest absolute Gasteiger partial charge is 0.165 e. The van der Waals surface area contributed by atoms with E-state index >= 15 is 0 Å². The molecule has 0 aliphatic heterocycles. The van der Waals surface area contributed by atoms with Crippen molar-refractivity contribution in [3.05, 3.63) is 29.6 Å². The van der Waals surface area contributed by atoms with Crippen LogP contribution in [0.2, 0.25) is 0 Å². The van der Waals surface area contributed by atoms with Crippen LogP contribution in [0, 0.1) is 5.82 Å². The van der Waals surface area contributed by atoms with Crippen LogP contribution in [-0.4, -0.2) is 16.3 Å². The van der Waals surface area contributed by atoms with E-state index in [0.29, 0.717) is 5.92 Å². The average molecular weight is 210 g/mol. The first kappa shape index (κ1) is 10.4. The standard InChI is InChI=1S/C12H15FO2/c13-11-7-9(3-6-12(11)15)8-1-4-10(14)5-2-8/h3,6-8,10,14-15H,1-2,4-5H2/t8-,10-. The average Bonchev–Trinajstić information content (AvgIpc) is 2.23. The second-order valence-electron chi connectivity index (χ2n) is 4.22. The molecule has 0 atom stereocenters. The summed E-state index contributed by atoms with van der Waals surface area (Å²) in [4.78, 5) is 0. The van der Waals surface area contributed by atoms with Crippen molar-refractivity contribution in [3.8, 4) is 5.75 Å². The fourth-order valence-electron chi connectivity index (χ4n) is 2.19. The number of benzene rings is 1. The van der Waals surface area contributed by atoms with Gasteiger partial charge in [0.2, 0.25) is 0 Å². The van der Waals surface area contributed by atoms with Crippen LogP contribution in [0.15, 0.2) is 18.2 Å². The normalized spacial score (nSPS) is 26.5. The van der Waals surface area contributed by atoms with E-state index in [9.17, 15) is 9.50 Å². The van der Waals surface area contributed by atoms with E-state index in [1.54, 1.807) is 6.07 Å². The highest BCUT2D eigenvalue weighted by atomic mass is 19.1. The third-order valence-electron chi connectivity index (χ3n) is 3.14. The monoisotopic (exact) mass is 210 g/mol. The van der Waals surface area contributed by atoms with Crippen molar-refractivity contribution in [2.75, 3.05) is 0 Å². The maximum atomic E-state index is 13.1. The highest BCUT2D eigenvalue weighted by Crippen LogP contribution is 2.34. The van der Waals surface area contributed by atoms with E-state index in [1.807, 2.05) is 0 Å². The van der Waals surface area contributed by atoms with Gasteiger partial charge in [-0.25, -0.2) is 4.39 Å². The van der Waals surface area contributed by atoms with Crippen LogP contribution in [0.1, 0.15) is 37.2 Å². The van der Waals surface area contributed by atoms with Crippen LogP contribution in [0.5, 0.6) is 5.75 Å². The lowest BCUT2D eigenvalue weighted by atomic mass is 9.83. The summed E-state index contributed by atoms with van der Waals surface area (Å²) in [6.07, 6.45) is 3.17. The topological polar surface area (TPSA) is 40.5 Å². The van der Waals surface area contributed by atoms with E-state index in [4.69, 9.17) is 5.11 Å². The molecule has 1 aromatic carbocycles. The lowest BCUT2D eigenvalue weighted by molar-refractivity contribution is 0.122. The summed E-state index contributed by atoms with van der Waals surface area (Å²) in [7, 11) is 0. The van der Waals surface area contributed by atoms with Crippen molar-refractivity contribution in [1.29, 1.82) is 0 Å². The summed E-state index contributed by atoms with van der Waals surface area (Å²) in [5.74, 6) is -0.531. The molecule has 2 N–H and O–H groups in total. The Hall–Kier alpha value is -1.09. The van der Waals surface area contributed by atoms with Gasteiger partial charge in [0, 0.05) is 0 Å². The Morgan fingerprint density at radius 1 is 1.13 bits per heavy atom. The van der Waals surface area contributed by atoms with Gasteiger partial charge in [-0.2, -0.15) is 0 Å². The largest absolute Gasteiger partial charge is 0.505 e. The molecule has 1 aliphatic carbocycles. The molecule has 2 rings (SSSR count). The summed E-state index contributed by atoms with van der Waals surface area (Å²) in [6.45, 7) is 0. The third kappa shape index (κ3) is 2.29. The van der Waals surface area contributed by atoms with Gasteiger partial charge in [-0.3, -0.25) is 0 Å². The van der Waals surface area contributed by atoms with Gasteiger partial charge in [0.15, 0.2) is 11.6 Å². The SMILES string of the molecule is Oc1ccc([C@H]2CC[C@H](O)CC2)cc1F. The Labute approximate surface area is 88.4 Å². The van der Waals surface area contributed by atoms with Crippen molar-refractivity contribution in [1.82, 2.24) is 0 Å². The van der Waals surface area contributed by atoms with Crippen LogP contribution in [-0.2, 0) is 0 Å². The molecule has 0 unspecified atom stereocenters. The number of phenols is 1. The second-order valence-corrected chi connectivity index (χ2v) is 4.22. The van der Waals surface area contributed by atoms with Gasteiger partial charge >= 0.3 is 0 Å². The number of aliphatic hydroxyl groups excluding tert-OH is 1. The summed E-state index contributed by atoms with van der Waals surface area (Å²) >= 11 is 0. The van der Waals surface area contributed by atoms with Gasteiger partial charge in [-0.1, -0.05) is 6.07 Å². The molecule has 1 fully saturated rings. The van der Waals surface area contributed by atoms with Crippen molar-refractivity contribution in [3.63, 3.8) is 0 Å². The summed E-state index contributed by atoms with van der Waals surface area (Å²) in [5.41, 5.74) is 0.928. The van der Waals surface area contributed by atoms with Crippen molar-refractivity contribution in [2.45, 2.75) is 37.7 Å². The first-order valence-corrected chi connectivity index (χ1v) is 5.33. The third-order valence-corrected chi connectivity index (χ3v) is 3.14. The van der Waals surface area contributed by atoms with Crippen molar-refractivity contribution in [2.24, 2.45) is 0 Å². The van der Waals surface area contributed by atoms with Gasteiger partial charge in [-0.15, -0.1) is 0 Å². The zero-order valence-electron chi connectivity index (χ0n) is 8.49. The molecular weight excluding hydrogens is 195 g/mol. The number of phenolic OH excluding ortho intramolecular Hbond substituents is 1. The molecule has 15 heavy (non-hydrogen) atoms. The first-order chi connectivity index (χ1) is 7.16. The quantitative estimate of drug-likeness (QED) is 0.747. The first-order valence-electron chi connectivity index (χ1n) is 5.33. The number of aromatic hydroxyl groups is 1. The number of halogens is 1. The lowest BCUT2D eigenvalue weighted by Crippen LogP contribution is -2.16. The molecule has 0 saturated heterocycles. The predicted octanol–water partition coefficient (Wildman–Crippen LogP) is 2.55. The van der Waals surface area contributed by atoms with E-state index in [0.717, 1.165) is 31.2 Å². The Morgan fingerprint density at radius 3 is 2.40 bits per heavy atom. The molecule has 0 amide bonds. The van der Waals surface area contributed by atoms with Gasteiger partial charge < -0.3 is 10.2 Å². The van der Waals surface area contributed by atoms with Crippen LogP contribution in [0.25, 0.3) is 0 Å². The second kappa shape index (κ2) is 4.19. The van der Waals surface area contributed by atoms with Gasteiger partial charge in [0.1, 0.15) is 0 Å². The number of hydrogen-bond acceptors (Lipinski definition) is 2. The minimum absolute atomic E-state index is 0.191. The molecular formula is C12H15FO2. The number of rotatable bonds is 1. The molecule has 0 spiro atoms. The number of hydrogen-bond donors (Lipinski definition) is 2. The molecule has 1 saturated carbocycles. The maximum Gasteiger partial charge on any atom is 0.165 e. The van der Waals surface area contributed by atoms with Crippen LogP contribution < -0.4 is 0 Å². The minimum Gasteiger partial charge on any atom is -0.505 e. The van der Waals surface area contributed by atoms with Gasteiger partial charge in [-0.05, 0) is 49.3 Å².